The number of hydrogen-bond donors (Lipinski definition) is 1. The van der Waals surface area contributed by atoms with Crippen LogP contribution in [0.15, 0.2) is 23.6 Å². The Morgan fingerprint density at radius 1 is 1.36 bits per heavy atom. The Labute approximate surface area is 167 Å². The first-order valence-electron chi connectivity index (χ1n) is 9.16. The number of esters is 1. The van der Waals surface area contributed by atoms with Crippen molar-refractivity contribution in [3.63, 3.8) is 0 Å². The van der Waals surface area contributed by atoms with Gasteiger partial charge in [0.2, 0.25) is 5.91 Å². The fourth-order valence-corrected chi connectivity index (χ4v) is 3.85. The van der Waals surface area contributed by atoms with E-state index in [0.717, 1.165) is 17.5 Å². The van der Waals surface area contributed by atoms with Gasteiger partial charge in [0.1, 0.15) is 0 Å². The van der Waals surface area contributed by atoms with Crippen LogP contribution in [0.25, 0.3) is 0 Å². The smallest absolute Gasteiger partial charge is 0.312 e. The highest BCUT2D eigenvalue weighted by molar-refractivity contribution is 7.14. The van der Waals surface area contributed by atoms with Crippen LogP contribution in [0.4, 0.5) is 10.8 Å². The van der Waals surface area contributed by atoms with Crippen molar-refractivity contribution in [1.29, 1.82) is 0 Å². The molecule has 28 heavy (non-hydrogen) atoms. The minimum absolute atomic E-state index is 0.0420. The van der Waals surface area contributed by atoms with Crippen molar-refractivity contribution >= 4 is 39.9 Å². The number of aromatic nitrogens is 1. The molecule has 1 aromatic carbocycles. The SMILES string of the molecule is Cc1ccc(NC(=O)[C@H](C)OC(=O)Cc2csc(N3CCCC3=O)n2)c(C)c1. The molecule has 1 fully saturated rings. The zero-order valence-corrected chi connectivity index (χ0v) is 17.0. The first kappa shape index (κ1) is 20.0. The maximum absolute atomic E-state index is 12.3. The molecule has 7 nitrogen and oxygen atoms in total. The minimum atomic E-state index is -0.925. The zero-order valence-electron chi connectivity index (χ0n) is 16.2. The van der Waals surface area contributed by atoms with E-state index in [1.165, 1.54) is 18.3 Å². The van der Waals surface area contributed by atoms with Gasteiger partial charge in [-0.1, -0.05) is 17.7 Å². The summed E-state index contributed by atoms with van der Waals surface area (Å²) in [7, 11) is 0. The van der Waals surface area contributed by atoms with Crippen LogP contribution in [-0.4, -0.2) is 35.4 Å². The Bertz CT molecular complexity index is 909. The number of aryl methyl sites for hydroxylation is 2. The lowest BCUT2D eigenvalue weighted by Gasteiger charge is -2.15. The quantitative estimate of drug-likeness (QED) is 0.752. The Balaban J connectivity index is 1.53. The third-order valence-corrected chi connectivity index (χ3v) is 5.40. The minimum Gasteiger partial charge on any atom is -0.452 e. The fraction of sp³-hybridized carbons (Fsp3) is 0.400. The maximum Gasteiger partial charge on any atom is 0.312 e. The van der Waals surface area contributed by atoms with E-state index in [9.17, 15) is 14.4 Å². The second kappa shape index (κ2) is 8.52. The molecule has 2 aromatic rings. The second-order valence-corrected chi connectivity index (χ2v) is 7.72. The molecule has 1 N–H and O–H groups in total. The molecular weight excluding hydrogens is 378 g/mol. The van der Waals surface area contributed by atoms with Gasteiger partial charge in [-0.15, -0.1) is 11.3 Å². The summed E-state index contributed by atoms with van der Waals surface area (Å²) < 4.78 is 5.24. The number of nitrogens with one attached hydrogen (secondary N) is 1. The van der Waals surface area contributed by atoms with Gasteiger partial charge in [-0.3, -0.25) is 19.3 Å². The summed E-state index contributed by atoms with van der Waals surface area (Å²) in [4.78, 5) is 42.2. The van der Waals surface area contributed by atoms with Gasteiger partial charge in [-0.2, -0.15) is 0 Å². The van der Waals surface area contributed by atoms with Crippen molar-refractivity contribution in [2.75, 3.05) is 16.8 Å². The number of nitrogens with zero attached hydrogens (tertiary/aromatic N) is 2. The number of amides is 2. The number of ether oxygens (including phenoxy) is 1. The molecule has 0 spiro atoms. The highest BCUT2D eigenvalue weighted by atomic mass is 32.1. The van der Waals surface area contributed by atoms with Gasteiger partial charge in [-0.05, 0) is 38.8 Å². The molecule has 0 unspecified atom stereocenters. The van der Waals surface area contributed by atoms with Crippen LogP contribution in [0, 0.1) is 13.8 Å². The first-order valence-corrected chi connectivity index (χ1v) is 10.0. The Kier molecular flexibility index (Phi) is 6.08. The summed E-state index contributed by atoms with van der Waals surface area (Å²) in [6.07, 6.45) is 0.388. The number of carbonyl (C=O) groups is 3. The number of rotatable bonds is 6. The third kappa shape index (κ3) is 4.75. The van der Waals surface area contributed by atoms with Crippen molar-refractivity contribution in [2.45, 2.75) is 46.1 Å². The maximum atomic E-state index is 12.3. The molecule has 3 rings (SSSR count). The van der Waals surface area contributed by atoms with Crippen LogP contribution in [0.3, 0.4) is 0 Å². The molecule has 1 saturated heterocycles. The largest absolute Gasteiger partial charge is 0.452 e. The van der Waals surface area contributed by atoms with E-state index in [1.807, 2.05) is 32.0 Å². The van der Waals surface area contributed by atoms with E-state index in [0.29, 0.717) is 29.5 Å². The first-order chi connectivity index (χ1) is 13.3. The topological polar surface area (TPSA) is 88.6 Å². The van der Waals surface area contributed by atoms with Crippen LogP contribution in [0.5, 0.6) is 0 Å². The van der Waals surface area contributed by atoms with Crippen LogP contribution < -0.4 is 10.2 Å². The average molecular weight is 401 g/mol. The summed E-state index contributed by atoms with van der Waals surface area (Å²) in [6.45, 7) is 6.08. The standard InChI is InChI=1S/C20H23N3O4S/c1-12-6-7-16(13(2)9-12)22-19(26)14(3)27-18(25)10-15-11-28-20(21-15)23-8-4-5-17(23)24/h6-7,9,11,14H,4-5,8,10H2,1-3H3,(H,22,26)/t14-/m0/s1. The molecule has 0 saturated carbocycles. The van der Waals surface area contributed by atoms with Crippen molar-refractivity contribution in [3.05, 3.63) is 40.4 Å². The monoisotopic (exact) mass is 401 g/mol. The van der Waals surface area contributed by atoms with Crippen LogP contribution >= 0.6 is 11.3 Å². The van der Waals surface area contributed by atoms with Gasteiger partial charge >= 0.3 is 5.97 Å². The molecule has 148 valence electrons. The Morgan fingerprint density at radius 3 is 2.82 bits per heavy atom. The lowest BCUT2D eigenvalue weighted by molar-refractivity contribution is -0.152. The summed E-state index contributed by atoms with van der Waals surface area (Å²) >= 11 is 1.33. The number of hydrogen-bond acceptors (Lipinski definition) is 6. The van der Waals surface area contributed by atoms with Gasteiger partial charge in [0.05, 0.1) is 12.1 Å². The van der Waals surface area contributed by atoms with Gasteiger partial charge in [0.15, 0.2) is 11.2 Å². The van der Waals surface area contributed by atoms with Crippen molar-refractivity contribution in [1.82, 2.24) is 4.98 Å². The van der Waals surface area contributed by atoms with Gasteiger partial charge in [0.25, 0.3) is 5.91 Å². The van der Waals surface area contributed by atoms with E-state index in [4.69, 9.17) is 4.74 Å². The Morgan fingerprint density at radius 2 is 2.14 bits per heavy atom. The summed E-state index contributed by atoms with van der Waals surface area (Å²) in [5.41, 5.74) is 3.27. The normalized spacial score (nSPS) is 14.8. The predicted molar refractivity (Wildman–Crippen MR) is 108 cm³/mol. The summed E-state index contributed by atoms with van der Waals surface area (Å²) in [6, 6.07) is 5.70. The number of carbonyl (C=O) groups excluding carboxylic acids is 3. The van der Waals surface area contributed by atoms with E-state index in [1.54, 1.807) is 10.3 Å². The van der Waals surface area contributed by atoms with Crippen LogP contribution in [0.2, 0.25) is 0 Å². The van der Waals surface area contributed by atoms with Crippen LogP contribution in [-0.2, 0) is 25.5 Å². The van der Waals surface area contributed by atoms with Crippen molar-refractivity contribution in [2.24, 2.45) is 0 Å². The van der Waals surface area contributed by atoms with E-state index in [2.05, 4.69) is 10.3 Å². The van der Waals surface area contributed by atoms with Crippen molar-refractivity contribution < 1.29 is 19.1 Å². The highest BCUT2D eigenvalue weighted by Crippen LogP contribution is 2.25. The van der Waals surface area contributed by atoms with Gasteiger partial charge < -0.3 is 10.1 Å². The molecule has 0 aliphatic carbocycles. The molecule has 1 aromatic heterocycles. The van der Waals surface area contributed by atoms with E-state index < -0.39 is 12.1 Å². The number of anilines is 2. The molecule has 1 aliphatic rings. The highest BCUT2D eigenvalue weighted by Gasteiger charge is 2.25. The second-order valence-electron chi connectivity index (χ2n) is 6.89. The van der Waals surface area contributed by atoms with Crippen molar-refractivity contribution in [3.8, 4) is 0 Å². The molecule has 8 heteroatoms. The molecule has 1 aliphatic heterocycles. The number of benzene rings is 1. The molecule has 0 radical (unpaired) electrons. The summed E-state index contributed by atoms with van der Waals surface area (Å²) in [5, 5.41) is 5.12. The Hall–Kier alpha value is -2.74. The molecule has 1 atom stereocenters. The zero-order chi connectivity index (χ0) is 20.3. The lowest BCUT2D eigenvalue weighted by atomic mass is 10.1. The van der Waals surface area contributed by atoms with E-state index in [-0.39, 0.29) is 18.2 Å². The van der Waals surface area contributed by atoms with Gasteiger partial charge in [-0.25, -0.2) is 4.98 Å². The predicted octanol–water partition coefficient (Wildman–Crippen LogP) is 3.00. The third-order valence-electron chi connectivity index (χ3n) is 4.49. The average Bonchev–Trinajstić information content (AvgIpc) is 3.25. The summed E-state index contributed by atoms with van der Waals surface area (Å²) in [5.74, 6) is -0.866. The molecule has 0 bridgehead atoms. The molecule has 2 heterocycles. The molecular formula is C20H23N3O4S. The van der Waals surface area contributed by atoms with Gasteiger partial charge in [0, 0.05) is 24.0 Å². The fourth-order valence-electron chi connectivity index (χ4n) is 2.98. The lowest BCUT2D eigenvalue weighted by Crippen LogP contribution is -2.30. The van der Waals surface area contributed by atoms with Crippen LogP contribution in [0.1, 0.15) is 36.6 Å². The van der Waals surface area contributed by atoms with E-state index >= 15 is 0 Å². The molecule has 2 amide bonds. The number of thiazole rings is 1.